The Morgan fingerprint density at radius 3 is 2.41 bits per heavy atom. The molecule has 0 saturated carbocycles. The summed E-state index contributed by atoms with van der Waals surface area (Å²) in [6.45, 7) is 6.04. The van der Waals surface area contributed by atoms with Gasteiger partial charge in [0.25, 0.3) is 0 Å². The molecule has 1 N–H and O–H groups in total. The van der Waals surface area contributed by atoms with Crippen molar-refractivity contribution in [3.8, 4) is 0 Å². The molecule has 2 nitrogen and oxygen atoms in total. The molecule has 0 aliphatic carbocycles. The van der Waals surface area contributed by atoms with Crippen molar-refractivity contribution in [2.75, 3.05) is 0 Å². The molecule has 1 aromatic carbocycles. The third kappa shape index (κ3) is 3.14. The second-order valence-electron chi connectivity index (χ2n) is 4.33. The fourth-order valence-corrected chi connectivity index (χ4v) is 1.82. The van der Waals surface area contributed by atoms with Gasteiger partial charge in [-0.3, -0.25) is 4.98 Å². The average Bonchev–Trinajstić information content (AvgIpc) is 2.34. The Balaban J connectivity index is 1.93. The van der Waals surface area contributed by atoms with E-state index >= 15 is 0 Å². The minimum absolute atomic E-state index is 0.869. The van der Waals surface area contributed by atoms with Crippen molar-refractivity contribution in [1.82, 2.24) is 10.3 Å². The third-order valence-electron chi connectivity index (χ3n) is 3.04. The standard InChI is InChI=1S/C15H18N2/c1-12-5-3-4-6-14(12)9-17-11-15-10-16-8-7-13(15)2/h3-8,10,17H,9,11H2,1-2H3. The van der Waals surface area contributed by atoms with Crippen LogP contribution in [0.1, 0.15) is 22.3 Å². The van der Waals surface area contributed by atoms with E-state index in [1.54, 1.807) is 0 Å². The number of hydrogen-bond donors (Lipinski definition) is 1. The van der Waals surface area contributed by atoms with Gasteiger partial charge in [0.05, 0.1) is 0 Å². The number of rotatable bonds is 4. The van der Waals surface area contributed by atoms with Gasteiger partial charge in [0, 0.05) is 25.5 Å². The maximum Gasteiger partial charge on any atom is 0.0315 e. The Labute approximate surface area is 103 Å². The quantitative estimate of drug-likeness (QED) is 0.867. The number of aromatic nitrogens is 1. The van der Waals surface area contributed by atoms with E-state index in [4.69, 9.17) is 0 Å². The van der Waals surface area contributed by atoms with Gasteiger partial charge in [-0.15, -0.1) is 0 Å². The van der Waals surface area contributed by atoms with Crippen LogP contribution in [0.5, 0.6) is 0 Å². The summed E-state index contributed by atoms with van der Waals surface area (Å²) in [5, 5.41) is 3.46. The third-order valence-corrected chi connectivity index (χ3v) is 3.04. The topological polar surface area (TPSA) is 24.9 Å². The van der Waals surface area contributed by atoms with Crippen LogP contribution in [0.3, 0.4) is 0 Å². The molecule has 17 heavy (non-hydrogen) atoms. The molecule has 1 heterocycles. The van der Waals surface area contributed by atoms with Crippen LogP contribution in [-0.2, 0) is 13.1 Å². The molecule has 0 atom stereocenters. The average molecular weight is 226 g/mol. The number of aryl methyl sites for hydroxylation is 2. The zero-order valence-electron chi connectivity index (χ0n) is 10.4. The predicted molar refractivity (Wildman–Crippen MR) is 70.7 cm³/mol. The Hall–Kier alpha value is -1.67. The van der Waals surface area contributed by atoms with Gasteiger partial charge < -0.3 is 5.32 Å². The first kappa shape index (κ1) is 11.8. The van der Waals surface area contributed by atoms with Crippen LogP contribution in [0.25, 0.3) is 0 Å². The highest BCUT2D eigenvalue weighted by atomic mass is 14.9. The number of hydrogen-bond acceptors (Lipinski definition) is 2. The van der Waals surface area contributed by atoms with E-state index in [0.717, 1.165) is 13.1 Å². The molecular weight excluding hydrogens is 208 g/mol. The normalized spacial score (nSPS) is 10.5. The fourth-order valence-electron chi connectivity index (χ4n) is 1.82. The summed E-state index contributed by atoms with van der Waals surface area (Å²) in [5.74, 6) is 0. The molecule has 0 amide bonds. The van der Waals surface area contributed by atoms with Crippen LogP contribution in [-0.4, -0.2) is 4.98 Å². The van der Waals surface area contributed by atoms with Gasteiger partial charge in [-0.25, -0.2) is 0 Å². The predicted octanol–water partition coefficient (Wildman–Crippen LogP) is 2.99. The second kappa shape index (κ2) is 5.60. The monoisotopic (exact) mass is 226 g/mol. The molecular formula is C15H18N2. The van der Waals surface area contributed by atoms with E-state index < -0.39 is 0 Å². The first-order valence-electron chi connectivity index (χ1n) is 5.92. The minimum Gasteiger partial charge on any atom is -0.309 e. The highest BCUT2D eigenvalue weighted by Crippen LogP contribution is 2.08. The smallest absolute Gasteiger partial charge is 0.0315 e. The fraction of sp³-hybridized carbons (Fsp3) is 0.267. The van der Waals surface area contributed by atoms with Crippen LogP contribution >= 0.6 is 0 Å². The van der Waals surface area contributed by atoms with Crippen molar-refractivity contribution >= 4 is 0 Å². The molecule has 0 fully saturated rings. The molecule has 88 valence electrons. The molecule has 0 unspecified atom stereocenters. The summed E-state index contributed by atoms with van der Waals surface area (Å²) in [6, 6.07) is 10.5. The van der Waals surface area contributed by atoms with Gasteiger partial charge in [-0.1, -0.05) is 24.3 Å². The Morgan fingerprint density at radius 2 is 1.65 bits per heavy atom. The zero-order chi connectivity index (χ0) is 12.1. The van der Waals surface area contributed by atoms with Crippen LogP contribution in [0.2, 0.25) is 0 Å². The van der Waals surface area contributed by atoms with E-state index in [2.05, 4.69) is 48.4 Å². The van der Waals surface area contributed by atoms with Crippen molar-refractivity contribution in [3.05, 3.63) is 65.0 Å². The molecule has 0 aliphatic rings. The molecule has 0 radical (unpaired) electrons. The summed E-state index contributed by atoms with van der Waals surface area (Å²) in [4.78, 5) is 4.15. The highest BCUT2D eigenvalue weighted by molar-refractivity contribution is 5.26. The molecule has 0 saturated heterocycles. The number of nitrogens with zero attached hydrogens (tertiary/aromatic N) is 1. The molecule has 0 spiro atoms. The lowest BCUT2D eigenvalue weighted by Gasteiger charge is -2.09. The first-order chi connectivity index (χ1) is 8.27. The van der Waals surface area contributed by atoms with Gasteiger partial charge in [-0.2, -0.15) is 0 Å². The van der Waals surface area contributed by atoms with E-state index in [1.165, 1.54) is 22.3 Å². The van der Waals surface area contributed by atoms with Crippen molar-refractivity contribution in [3.63, 3.8) is 0 Å². The van der Waals surface area contributed by atoms with Gasteiger partial charge in [0.15, 0.2) is 0 Å². The molecule has 2 aromatic rings. The van der Waals surface area contributed by atoms with Gasteiger partial charge in [0.1, 0.15) is 0 Å². The summed E-state index contributed by atoms with van der Waals surface area (Å²) in [7, 11) is 0. The van der Waals surface area contributed by atoms with Gasteiger partial charge in [-0.05, 0) is 42.2 Å². The Morgan fingerprint density at radius 1 is 0.941 bits per heavy atom. The van der Waals surface area contributed by atoms with E-state index in [1.807, 2.05) is 18.5 Å². The van der Waals surface area contributed by atoms with Crippen molar-refractivity contribution in [1.29, 1.82) is 0 Å². The van der Waals surface area contributed by atoms with E-state index in [0.29, 0.717) is 0 Å². The Kier molecular flexibility index (Phi) is 3.89. The first-order valence-corrected chi connectivity index (χ1v) is 5.92. The van der Waals surface area contributed by atoms with E-state index in [-0.39, 0.29) is 0 Å². The second-order valence-corrected chi connectivity index (χ2v) is 4.33. The van der Waals surface area contributed by atoms with Crippen molar-refractivity contribution in [2.45, 2.75) is 26.9 Å². The van der Waals surface area contributed by atoms with Crippen LogP contribution < -0.4 is 5.32 Å². The van der Waals surface area contributed by atoms with Crippen LogP contribution in [0.15, 0.2) is 42.7 Å². The lowest BCUT2D eigenvalue weighted by molar-refractivity contribution is 0.686. The lowest BCUT2D eigenvalue weighted by Crippen LogP contribution is -2.14. The SMILES string of the molecule is Cc1ccccc1CNCc1cnccc1C. The number of nitrogens with one attached hydrogen (secondary N) is 1. The van der Waals surface area contributed by atoms with Gasteiger partial charge >= 0.3 is 0 Å². The summed E-state index contributed by atoms with van der Waals surface area (Å²) in [5.41, 5.74) is 5.25. The van der Waals surface area contributed by atoms with E-state index in [9.17, 15) is 0 Å². The minimum atomic E-state index is 0.869. The maximum absolute atomic E-state index is 4.15. The zero-order valence-corrected chi connectivity index (χ0v) is 10.4. The molecule has 0 aliphatic heterocycles. The summed E-state index contributed by atoms with van der Waals surface area (Å²) < 4.78 is 0. The van der Waals surface area contributed by atoms with Crippen molar-refractivity contribution in [2.24, 2.45) is 0 Å². The number of benzene rings is 1. The number of pyridine rings is 1. The molecule has 0 bridgehead atoms. The highest BCUT2D eigenvalue weighted by Gasteiger charge is 1.99. The maximum atomic E-state index is 4.15. The van der Waals surface area contributed by atoms with Crippen molar-refractivity contribution < 1.29 is 0 Å². The summed E-state index contributed by atoms with van der Waals surface area (Å²) in [6.07, 6.45) is 3.76. The van der Waals surface area contributed by atoms with Gasteiger partial charge in [0.2, 0.25) is 0 Å². The van der Waals surface area contributed by atoms with Crippen LogP contribution in [0, 0.1) is 13.8 Å². The molecule has 2 heteroatoms. The Bertz CT molecular complexity index is 446. The lowest BCUT2D eigenvalue weighted by atomic mass is 10.1. The van der Waals surface area contributed by atoms with Crippen LogP contribution in [0.4, 0.5) is 0 Å². The largest absolute Gasteiger partial charge is 0.309 e. The molecule has 2 rings (SSSR count). The molecule has 1 aromatic heterocycles. The summed E-state index contributed by atoms with van der Waals surface area (Å²) >= 11 is 0.